The van der Waals surface area contributed by atoms with Crippen LogP contribution < -0.4 is 5.32 Å². The molecule has 2 amide bonds. The van der Waals surface area contributed by atoms with Gasteiger partial charge in [0.2, 0.25) is 0 Å². The Balaban J connectivity index is 1.61. The van der Waals surface area contributed by atoms with Crippen LogP contribution in [0, 0.1) is 5.92 Å². The number of nitrogens with one attached hydrogen (secondary N) is 1. The van der Waals surface area contributed by atoms with Gasteiger partial charge in [-0.3, -0.25) is 0 Å². The van der Waals surface area contributed by atoms with Crippen molar-refractivity contribution >= 4 is 29.0 Å². The van der Waals surface area contributed by atoms with Gasteiger partial charge in [-0.25, -0.2) is 4.79 Å². The SMILES string of the molecule is CN(Cc1ccc(Cl)s1)C(=O)NCCCC1CCCC1. The molecule has 1 saturated carbocycles. The molecule has 1 fully saturated rings. The van der Waals surface area contributed by atoms with Gasteiger partial charge in [0.25, 0.3) is 0 Å². The summed E-state index contributed by atoms with van der Waals surface area (Å²) >= 11 is 7.41. The second-order valence-electron chi connectivity index (χ2n) is 5.59. The normalized spacial score (nSPS) is 15.5. The third-order valence-corrected chi connectivity index (χ3v) is 5.12. The van der Waals surface area contributed by atoms with Gasteiger partial charge < -0.3 is 10.2 Å². The highest BCUT2D eigenvalue weighted by molar-refractivity contribution is 7.16. The Morgan fingerprint density at radius 2 is 2.20 bits per heavy atom. The standard InChI is InChI=1S/C15H23ClN2OS/c1-18(11-13-8-9-14(16)20-13)15(19)17-10-4-7-12-5-2-3-6-12/h8-9,12H,2-7,10-11H2,1H3,(H,17,19). The van der Waals surface area contributed by atoms with Gasteiger partial charge in [-0.15, -0.1) is 11.3 Å². The lowest BCUT2D eigenvalue weighted by Crippen LogP contribution is -2.37. The molecule has 1 aliphatic rings. The van der Waals surface area contributed by atoms with Crippen LogP contribution in [0.4, 0.5) is 4.79 Å². The summed E-state index contributed by atoms with van der Waals surface area (Å²) in [5.41, 5.74) is 0. The number of amides is 2. The van der Waals surface area contributed by atoms with Crippen molar-refractivity contribution in [3.63, 3.8) is 0 Å². The summed E-state index contributed by atoms with van der Waals surface area (Å²) < 4.78 is 0.769. The van der Waals surface area contributed by atoms with Gasteiger partial charge in [0.1, 0.15) is 0 Å². The second-order valence-corrected chi connectivity index (χ2v) is 7.39. The maximum Gasteiger partial charge on any atom is 0.317 e. The van der Waals surface area contributed by atoms with Gasteiger partial charge in [0, 0.05) is 18.5 Å². The average molecular weight is 315 g/mol. The first-order chi connectivity index (χ1) is 9.65. The van der Waals surface area contributed by atoms with Crippen LogP contribution in [0.3, 0.4) is 0 Å². The molecule has 3 nitrogen and oxygen atoms in total. The number of hydrogen-bond donors (Lipinski definition) is 1. The molecule has 2 rings (SSSR count). The van der Waals surface area contributed by atoms with Crippen LogP contribution in [-0.4, -0.2) is 24.5 Å². The summed E-state index contributed by atoms with van der Waals surface area (Å²) in [5.74, 6) is 0.901. The van der Waals surface area contributed by atoms with Crippen molar-refractivity contribution in [3.8, 4) is 0 Å². The zero-order valence-electron chi connectivity index (χ0n) is 12.0. The Labute approximate surface area is 130 Å². The first-order valence-corrected chi connectivity index (χ1v) is 8.58. The van der Waals surface area contributed by atoms with Crippen LogP contribution in [-0.2, 0) is 6.54 Å². The summed E-state index contributed by atoms with van der Waals surface area (Å²) in [6.07, 6.45) is 7.89. The number of thiophene rings is 1. The summed E-state index contributed by atoms with van der Waals surface area (Å²) in [4.78, 5) is 14.8. The third kappa shape index (κ3) is 4.98. The molecule has 0 radical (unpaired) electrons. The lowest BCUT2D eigenvalue weighted by atomic mass is 10.0. The summed E-state index contributed by atoms with van der Waals surface area (Å²) in [6.45, 7) is 1.40. The summed E-state index contributed by atoms with van der Waals surface area (Å²) in [7, 11) is 1.82. The maximum absolute atomic E-state index is 11.9. The molecule has 0 aliphatic heterocycles. The predicted molar refractivity (Wildman–Crippen MR) is 85.4 cm³/mol. The van der Waals surface area contributed by atoms with E-state index in [-0.39, 0.29) is 6.03 Å². The van der Waals surface area contributed by atoms with Crippen molar-refractivity contribution in [3.05, 3.63) is 21.3 Å². The third-order valence-electron chi connectivity index (χ3n) is 3.91. The fourth-order valence-corrected chi connectivity index (χ4v) is 3.90. The number of hydrogen-bond acceptors (Lipinski definition) is 2. The number of rotatable bonds is 6. The fourth-order valence-electron chi connectivity index (χ4n) is 2.76. The highest BCUT2D eigenvalue weighted by Crippen LogP contribution is 2.28. The van der Waals surface area contributed by atoms with Crippen molar-refractivity contribution in [2.45, 2.75) is 45.1 Å². The number of carbonyl (C=O) groups is 1. The lowest BCUT2D eigenvalue weighted by molar-refractivity contribution is 0.207. The minimum Gasteiger partial charge on any atom is -0.338 e. The molecule has 0 atom stereocenters. The Bertz CT molecular complexity index is 429. The van der Waals surface area contributed by atoms with Gasteiger partial charge in [-0.1, -0.05) is 37.3 Å². The first kappa shape index (κ1) is 15.6. The molecule has 5 heteroatoms. The van der Waals surface area contributed by atoms with E-state index in [2.05, 4.69) is 5.32 Å². The molecular formula is C15H23ClN2OS. The van der Waals surface area contributed by atoms with Crippen LogP contribution in [0.25, 0.3) is 0 Å². The van der Waals surface area contributed by atoms with E-state index < -0.39 is 0 Å². The largest absolute Gasteiger partial charge is 0.338 e. The van der Waals surface area contributed by atoms with E-state index in [0.29, 0.717) is 6.54 Å². The molecule has 1 aromatic heterocycles. The van der Waals surface area contributed by atoms with E-state index in [4.69, 9.17) is 11.6 Å². The smallest absolute Gasteiger partial charge is 0.317 e. The lowest BCUT2D eigenvalue weighted by Gasteiger charge is -2.17. The molecule has 1 aromatic rings. The number of carbonyl (C=O) groups excluding carboxylic acids is 1. The Hall–Kier alpha value is -0.740. The first-order valence-electron chi connectivity index (χ1n) is 7.38. The van der Waals surface area contributed by atoms with E-state index >= 15 is 0 Å². The molecule has 1 N–H and O–H groups in total. The van der Waals surface area contributed by atoms with Crippen LogP contribution in [0.15, 0.2) is 12.1 Å². The minimum absolute atomic E-state index is 0.000874. The van der Waals surface area contributed by atoms with Crippen molar-refractivity contribution in [2.75, 3.05) is 13.6 Å². The molecule has 112 valence electrons. The van der Waals surface area contributed by atoms with E-state index in [0.717, 1.165) is 28.1 Å². The summed E-state index contributed by atoms with van der Waals surface area (Å²) in [5, 5.41) is 2.99. The Morgan fingerprint density at radius 3 is 2.85 bits per heavy atom. The molecule has 1 heterocycles. The molecular weight excluding hydrogens is 292 g/mol. The Morgan fingerprint density at radius 1 is 1.45 bits per heavy atom. The monoisotopic (exact) mass is 314 g/mol. The van der Waals surface area contributed by atoms with Crippen molar-refractivity contribution in [1.29, 1.82) is 0 Å². The summed E-state index contributed by atoms with van der Waals surface area (Å²) in [6, 6.07) is 3.84. The van der Waals surface area contributed by atoms with Crippen LogP contribution in [0.2, 0.25) is 4.34 Å². The molecule has 1 aliphatic carbocycles. The van der Waals surface area contributed by atoms with Crippen LogP contribution in [0.5, 0.6) is 0 Å². The second kappa shape index (κ2) is 7.89. The molecule has 0 saturated heterocycles. The van der Waals surface area contributed by atoms with Crippen molar-refractivity contribution in [1.82, 2.24) is 10.2 Å². The quantitative estimate of drug-likeness (QED) is 0.770. The van der Waals surface area contributed by atoms with Gasteiger partial charge >= 0.3 is 6.03 Å². The van der Waals surface area contributed by atoms with E-state index in [9.17, 15) is 4.79 Å². The van der Waals surface area contributed by atoms with Crippen LogP contribution >= 0.6 is 22.9 Å². The van der Waals surface area contributed by atoms with Gasteiger partial charge in [-0.05, 0) is 30.9 Å². The zero-order chi connectivity index (χ0) is 14.4. The topological polar surface area (TPSA) is 32.3 Å². The fraction of sp³-hybridized carbons (Fsp3) is 0.667. The van der Waals surface area contributed by atoms with Crippen molar-refractivity contribution in [2.24, 2.45) is 5.92 Å². The van der Waals surface area contributed by atoms with Crippen molar-refractivity contribution < 1.29 is 4.79 Å². The minimum atomic E-state index is 0.000874. The Kier molecular flexibility index (Phi) is 6.17. The highest BCUT2D eigenvalue weighted by atomic mass is 35.5. The number of halogens is 1. The number of nitrogens with zero attached hydrogens (tertiary/aromatic N) is 1. The molecule has 0 bridgehead atoms. The van der Waals surface area contributed by atoms with E-state index in [1.54, 1.807) is 4.90 Å². The molecule has 0 aromatic carbocycles. The zero-order valence-corrected chi connectivity index (χ0v) is 13.6. The maximum atomic E-state index is 11.9. The average Bonchev–Trinajstić information content (AvgIpc) is 3.06. The van der Waals surface area contributed by atoms with E-state index in [1.165, 1.54) is 43.4 Å². The van der Waals surface area contributed by atoms with Gasteiger partial charge in [-0.2, -0.15) is 0 Å². The molecule has 20 heavy (non-hydrogen) atoms. The molecule has 0 unspecified atom stereocenters. The van der Waals surface area contributed by atoms with E-state index in [1.807, 2.05) is 19.2 Å². The predicted octanol–water partition coefficient (Wildman–Crippen LogP) is 4.51. The van der Waals surface area contributed by atoms with Gasteiger partial charge in [0.15, 0.2) is 0 Å². The van der Waals surface area contributed by atoms with Crippen LogP contribution in [0.1, 0.15) is 43.4 Å². The highest BCUT2D eigenvalue weighted by Gasteiger charge is 2.14. The molecule has 0 spiro atoms. The number of urea groups is 1. The van der Waals surface area contributed by atoms with Gasteiger partial charge in [0.05, 0.1) is 10.9 Å².